The van der Waals surface area contributed by atoms with Gasteiger partial charge in [0.05, 0.1) is 29.3 Å². The number of nitrogens with zero attached hydrogens (tertiary/aromatic N) is 4. The van der Waals surface area contributed by atoms with Crippen LogP contribution in [0.2, 0.25) is 5.02 Å². The van der Waals surface area contributed by atoms with Gasteiger partial charge in [0.2, 0.25) is 0 Å². The van der Waals surface area contributed by atoms with E-state index in [9.17, 15) is 9.90 Å². The van der Waals surface area contributed by atoms with Crippen molar-refractivity contribution in [3.8, 4) is 28.1 Å². The van der Waals surface area contributed by atoms with E-state index in [-0.39, 0.29) is 12.0 Å². The van der Waals surface area contributed by atoms with E-state index in [0.29, 0.717) is 76.4 Å². The minimum atomic E-state index is -0.930. The molecule has 42 heavy (non-hydrogen) atoms. The van der Waals surface area contributed by atoms with E-state index >= 15 is 4.39 Å². The Hall–Kier alpha value is -3.69. The highest BCUT2D eigenvalue weighted by Crippen LogP contribution is 2.40. The summed E-state index contributed by atoms with van der Waals surface area (Å²) < 4.78 is 29.6. The van der Waals surface area contributed by atoms with Gasteiger partial charge in [-0.3, -0.25) is 4.79 Å². The lowest BCUT2D eigenvalue weighted by Gasteiger charge is -2.41. The topological polar surface area (TPSA) is 89.2 Å². The van der Waals surface area contributed by atoms with Crippen molar-refractivity contribution in [2.75, 3.05) is 31.2 Å². The molecule has 8 nitrogen and oxygen atoms in total. The lowest BCUT2D eigenvalue weighted by molar-refractivity contribution is -0.136. The first-order chi connectivity index (χ1) is 20.2. The molecular weight excluding hydrogens is 559 g/mol. The number of carboxylic acid groups (broad SMARTS) is 1. The molecule has 0 spiro atoms. The summed E-state index contributed by atoms with van der Waals surface area (Å²) in [6.07, 6.45) is 4.12. The molecule has 0 aliphatic carbocycles. The monoisotopic (exact) mass is 592 g/mol. The van der Waals surface area contributed by atoms with Gasteiger partial charge < -0.3 is 19.5 Å². The summed E-state index contributed by atoms with van der Waals surface area (Å²) in [5.41, 5.74) is 3.70. The van der Waals surface area contributed by atoms with Gasteiger partial charge in [0.25, 0.3) is 0 Å². The number of aromatic nitrogens is 3. The van der Waals surface area contributed by atoms with Crippen LogP contribution in [0.25, 0.3) is 28.0 Å². The Morgan fingerprint density at radius 3 is 2.69 bits per heavy atom. The van der Waals surface area contributed by atoms with Gasteiger partial charge in [-0.1, -0.05) is 17.7 Å². The van der Waals surface area contributed by atoms with Crippen molar-refractivity contribution in [3.63, 3.8) is 0 Å². The summed E-state index contributed by atoms with van der Waals surface area (Å²) in [5.74, 6) is -0.101. The van der Waals surface area contributed by atoms with E-state index in [4.69, 9.17) is 31.2 Å². The number of aryl methyl sites for hydroxylation is 1. The third-order valence-corrected chi connectivity index (χ3v) is 8.65. The van der Waals surface area contributed by atoms with Crippen molar-refractivity contribution in [1.29, 1.82) is 0 Å². The first kappa shape index (κ1) is 28.4. The van der Waals surface area contributed by atoms with Gasteiger partial charge in [0, 0.05) is 53.7 Å². The first-order valence-electron chi connectivity index (χ1n) is 14.4. The molecule has 220 valence electrons. The smallest absolute Gasteiger partial charge is 0.308 e. The fraction of sp³-hybridized carbons (Fsp3) is 0.406. The molecule has 1 saturated heterocycles. The zero-order valence-corrected chi connectivity index (χ0v) is 24.6. The average Bonchev–Trinajstić information content (AvgIpc) is 3.37. The highest BCUT2D eigenvalue weighted by molar-refractivity contribution is 6.33. The molecule has 10 heteroatoms. The Kier molecular flexibility index (Phi) is 7.81. The quantitative estimate of drug-likeness (QED) is 0.276. The van der Waals surface area contributed by atoms with E-state index in [2.05, 4.69) is 11.8 Å². The Bertz CT molecular complexity index is 1650. The number of rotatable bonds is 2. The molecule has 1 fully saturated rings. The normalized spacial score (nSPS) is 17.2. The largest absolute Gasteiger partial charge is 0.493 e. The van der Waals surface area contributed by atoms with Crippen LogP contribution in [0.4, 0.5) is 10.2 Å². The Morgan fingerprint density at radius 2 is 1.90 bits per heavy atom. The second-order valence-corrected chi connectivity index (χ2v) is 11.8. The third kappa shape index (κ3) is 5.55. The van der Waals surface area contributed by atoms with Gasteiger partial charge in [0.1, 0.15) is 17.4 Å². The zero-order valence-electron chi connectivity index (χ0n) is 23.8. The minimum absolute atomic E-state index is 0.167. The standard InChI is InChI=1S/C32H34ClFN4O4/c1-20-22(18-29(39)40)31-37-13-11-32(2,12-14-37)42-16-5-3-4-15-41-27-8-6-7-24(33)30(27)23-17-21(9-10-25(23)34)26-19-28(35-20)38(31)36-26/h6-10,17,19H,3-5,11-16,18H2,1-2H3,(H,39,40). The number of carbonyl (C=O) groups is 1. The molecule has 0 atom stereocenters. The lowest BCUT2D eigenvalue weighted by Crippen LogP contribution is -2.45. The van der Waals surface area contributed by atoms with Crippen LogP contribution < -0.4 is 9.64 Å². The van der Waals surface area contributed by atoms with Gasteiger partial charge in [-0.15, -0.1) is 0 Å². The number of halogens is 2. The molecule has 0 unspecified atom stereocenters. The van der Waals surface area contributed by atoms with E-state index in [0.717, 1.165) is 37.9 Å². The molecule has 5 heterocycles. The van der Waals surface area contributed by atoms with Crippen molar-refractivity contribution >= 4 is 29.0 Å². The molecule has 6 bridgehead atoms. The average molecular weight is 593 g/mol. The summed E-state index contributed by atoms with van der Waals surface area (Å²) >= 11 is 6.62. The van der Waals surface area contributed by atoms with Crippen LogP contribution in [0.15, 0.2) is 42.5 Å². The van der Waals surface area contributed by atoms with Crippen LogP contribution in [-0.2, 0) is 16.0 Å². The van der Waals surface area contributed by atoms with Crippen molar-refractivity contribution in [1.82, 2.24) is 14.6 Å². The fourth-order valence-corrected chi connectivity index (χ4v) is 6.21. The fourth-order valence-electron chi connectivity index (χ4n) is 5.94. The van der Waals surface area contributed by atoms with Crippen LogP contribution in [-0.4, -0.2) is 57.6 Å². The molecule has 3 aliphatic rings. The maximum Gasteiger partial charge on any atom is 0.308 e. The maximum atomic E-state index is 15.4. The summed E-state index contributed by atoms with van der Waals surface area (Å²) in [4.78, 5) is 18.8. The Morgan fingerprint density at radius 1 is 1.12 bits per heavy atom. The molecule has 4 aromatic rings. The maximum absolute atomic E-state index is 15.4. The minimum Gasteiger partial charge on any atom is -0.493 e. The number of ether oxygens (including phenoxy) is 2. The molecular formula is C32H34ClFN4O4. The van der Waals surface area contributed by atoms with Crippen molar-refractivity contribution in [3.05, 3.63) is 64.6 Å². The van der Waals surface area contributed by atoms with E-state index in [1.165, 1.54) is 6.07 Å². The van der Waals surface area contributed by atoms with Gasteiger partial charge in [-0.05, 0) is 76.3 Å². The second kappa shape index (κ2) is 11.5. The summed E-state index contributed by atoms with van der Waals surface area (Å²) in [5, 5.41) is 15.1. The van der Waals surface area contributed by atoms with Crippen molar-refractivity contribution in [2.24, 2.45) is 0 Å². The third-order valence-electron chi connectivity index (χ3n) is 8.33. The van der Waals surface area contributed by atoms with Crippen LogP contribution in [0.1, 0.15) is 50.3 Å². The highest BCUT2D eigenvalue weighted by Gasteiger charge is 2.33. The Labute approximate surface area is 249 Å². The number of hydrogen-bond donors (Lipinski definition) is 1. The number of aliphatic carboxylic acids is 1. The number of fused-ring (bicyclic) bond motifs is 8. The number of hydrogen-bond acceptors (Lipinski definition) is 6. The molecule has 3 aliphatic heterocycles. The van der Waals surface area contributed by atoms with Crippen molar-refractivity contribution in [2.45, 2.75) is 58.0 Å². The van der Waals surface area contributed by atoms with Crippen LogP contribution in [0.3, 0.4) is 0 Å². The van der Waals surface area contributed by atoms with Crippen LogP contribution >= 0.6 is 11.6 Å². The summed E-state index contributed by atoms with van der Waals surface area (Å²) in [7, 11) is 0. The van der Waals surface area contributed by atoms with Gasteiger partial charge in [-0.2, -0.15) is 9.61 Å². The lowest BCUT2D eigenvalue weighted by atomic mass is 9.92. The van der Waals surface area contributed by atoms with Crippen LogP contribution in [0, 0.1) is 12.7 Å². The van der Waals surface area contributed by atoms with Gasteiger partial charge in [-0.25, -0.2) is 9.37 Å². The molecule has 2 aromatic carbocycles. The highest BCUT2D eigenvalue weighted by atomic mass is 35.5. The van der Waals surface area contributed by atoms with E-state index in [1.54, 1.807) is 28.8 Å². The number of carboxylic acids is 1. The number of anilines is 1. The van der Waals surface area contributed by atoms with Crippen LogP contribution in [0.5, 0.6) is 5.75 Å². The molecule has 2 aromatic heterocycles. The molecule has 0 radical (unpaired) electrons. The van der Waals surface area contributed by atoms with Gasteiger partial charge >= 0.3 is 5.97 Å². The zero-order chi connectivity index (χ0) is 29.4. The number of piperidine rings is 1. The SMILES string of the molecule is Cc1nc2cc3nn2c(c1CC(=O)O)N1CCC(C)(CC1)OCCCCCOc1cccc(Cl)c1-c1cc-3ccc1F. The van der Waals surface area contributed by atoms with E-state index in [1.807, 2.05) is 19.1 Å². The molecule has 1 N–H and O–H groups in total. The summed E-state index contributed by atoms with van der Waals surface area (Å²) in [6.45, 7) is 6.52. The Balaban J connectivity index is 1.52. The van der Waals surface area contributed by atoms with Crippen molar-refractivity contribution < 1.29 is 23.8 Å². The first-order valence-corrected chi connectivity index (χ1v) is 14.8. The second-order valence-electron chi connectivity index (χ2n) is 11.4. The number of benzene rings is 2. The van der Waals surface area contributed by atoms with E-state index < -0.39 is 11.8 Å². The predicted molar refractivity (Wildman–Crippen MR) is 160 cm³/mol. The molecule has 0 amide bonds. The predicted octanol–water partition coefficient (Wildman–Crippen LogP) is 6.73. The summed E-state index contributed by atoms with van der Waals surface area (Å²) in [6, 6.07) is 12.0. The van der Waals surface area contributed by atoms with Gasteiger partial charge in [0.15, 0.2) is 5.65 Å². The molecule has 0 saturated carbocycles. The molecule has 7 rings (SSSR count).